The number of benzene rings is 2. The van der Waals surface area contributed by atoms with E-state index < -0.39 is 13.3 Å². The summed E-state index contributed by atoms with van der Waals surface area (Å²) >= 11 is 4.95. The van der Waals surface area contributed by atoms with E-state index in [1.165, 1.54) is 36.8 Å². The Labute approximate surface area is 221 Å². The van der Waals surface area contributed by atoms with E-state index in [0.717, 1.165) is 44.2 Å². The third-order valence-corrected chi connectivity index (χ3v) is 20.7. The van der Waals surface area contributed by atoms with E-state index in [-0.39, 0.29) is 0 Å². The number of halogens is 2. The maximum absolute atomic E-state index is 6.51. The summed E-state index contributed by atoms with van der Waals surface area (Å²) in [7, 11) is 0. The normalized spacial score (nSPS) is 11.9. The van der Waals surface area contributed by atoms with Crippen molar-refractivity contribution in [2.24, 2.45) is 0 Å². The van der Waals surface area contributed by atoms with Crippen molar-refractivity contribution < 1.29 is 9.47 Å². The summed E-state index contributed by atoms with van der Waals surface area (Å²) in [5.74, 6) is 1.90. The maximum atomic E-state index is 6.51. The van der Waals surface area contributed by atoms with E-state index in [9.17, 15) is 0 Å². The average Bonchev–Trinajstić information content (AvgIpc) is 2.77. The minimum atomic E-state index is -2.55. The molecule has 2 nitrogen and oxygen atoms in total. The van der Waals surface area contributed by atoms with Gasteiger partial charge in [0, 0.05) is 0 Å². The quantitative estimate of drug-likeness (QED) is 0.191. The van der Waals surface area contributed by atoms with Gasteiger partial charge in [0.25, 0.3) is 0 Å². The van der Waals surface area contributed by atoms with Crippen LogP contribution in [0.3, 0.4) is 0 Å². The molecule has 0 aliphatic carbocycles. The molecular formula is C28H42Br2GeO2. The number of ether oxygens (including phenoxy) is 2. The molecule has 2 aromatic rings. The van der Waals surface area contributed by atoms with Crippen LogP contribution in [0.1, 0.15) is 78.4 Å². The van der Waals surface area contributed by atoms with Gasteiger partial charge < -0.3 is 0 Å². The van der Waals surface area contributed by atoms with E-state index in [1.807, 2.05) is 0 Å². The molecule has 184 valence electrons. The molecule has 0 fully saturated rings. The van der Waals surface area contributed by atoms with Crippen molar-refractivity contribution in [1.29, 1.82) is 0 Å². The van der Waals surface area contributed by atoms with E-state index >= 15 is 0 Å². The molecule has 0 saturated heterocycles. The molecule has 0 radical (unpaired) electrons. The van der Waals surface area contributed by atoms with Crippen molar-refractivity contribution in [2.45, 2.75) is 89.6 Å². The molecule has 2 rings (SSSR count). The van der Waals surface area contributed by atoms with Crippen LogP contribution in [0.25, 0.3) is 0 Å². The van der Waals surface area contributed by atoms with Gasteiger partial charge in [-0.25, -0.2) is 0 Å². The van der Waals surface area contributed by atoms with Crippen LogP contribution in [-0.4, -0.2) is 24.1 Å². The zero-order chi connectivity index (χ0) is 24.4. The molecule has 0 heterocycles. The number of unbranched alkanes of at least 4 members (excludes halogenated alkanes) is 2. The Kier molecular flexibility index (Phi) is 12.4. The van der Waals surface area contributed by atoms with Crippen molar-refractivity contribution in [3.05, 3.63) is 56.5 Å². The molecule has 0 unspecified atom stereocenters. The predicted molar refractivity (Wildman–Crippen MR) is 152 cm³/mol. The molecule has 0 aliphatic heterocycles. The van der Waals surface area contributed by atoms with Gasteiger partial charge in [0.1, 0.15) is 0 Å². The zero-order valence-electron chi connectivity index (χ0n) is 21.3. The summed E-state index contributed by atoms with van der Waals surface area (Å²) in [6.07, 6.45) is 7.11. The van der Waals surface area contributed by atoms with E-state index in [0.29, 0.717) is 9.50 Å². The Balaban J connectivity index is 2.14. The summed E-state index contributed by atoms with van der Waals surface area (Å²) in [5.41, 5.74) is 4.34. The minimum absolute atomic E-state index is 0.593. The molecule has 2 aromatic carbocycles. The zero-order valence-corrected chi connectivity index (χ0v) is 26.6. The summed E-state index contributed by atoms with van der Waals surface area (Å²) in [4.78, 5) is 0. The van der Waals surface area contributed by atoms with Gasteiger partial charge in [0.05, 0.1) is 0 Å². The second kappa shape index (κ2) is 14.2. The fourth-order valence-electron chi connectivity index (χ4n) is 4.19. The first-order valence-electron chi connectivity index (χ1n) is 12.6. The molecule has 0 N–H and O–H groups in total. The number of aryl methyl sites for hydroxylation is 2. The third kappa shape index (κ3) is 8.31. The Morgan fingerprint density at radius 3 is 1.39 bits per heavy atom. The van der Waals surface area contributed by atoms with E-state index in [4.69, 9.17) is 9.47 Å². The number of rotatable bonds is 14. The van der Waals surface area contributed by atoms with Crippen LogP contribution in [0.4, 0.5) is 0 Å². The number of hydrogen-bond acceptors (Lipinski definition) is 2. The van der Waals surface area contributed by atoms with Crippen LogP contribution < -0.4 is 9.47 Å². The summed E-state index contributed by atoms with van der Waals surface area (Å²) in [5, 5.41) is 0. The Morgan fingerprint density at radius 2 is 1.09 bits per heavy atom. The molecule has 5 heteroatoms. The van der Waals surface area contributed by atoms with Crippen LogP contribution in [0.2, 0.25) is 9.50 Å². The second-order valence-corrected chi connectivity index (χ2v) is 22.8. The van der Waals surface area contributed by atoms with Crippen LogP contribution in [-0.2, 0) is 12.8 Å². The van der Waals surface area contributed by atoms with Gasteiger partial charge in [-0.2, -0.15) is 0 Å². The molecule has 0 aromatic heterocycles. The van der Waals surface area contributed by atoms with Crippen molar-refractivity contribution in [2.75, 3.05) is 10.9 Å². The van der Waals surface area contributed by atoms with Gasteiger partial charge in [-0.3, -0.25) is 0 Å². The van der Waals surface area contributed by atoms with Gasteiger partial charge in [-0.1, -0.05) is 0 Å². The van der Waals surface area contributed by atoms with Gasteiger partial charge in [0.15, 0.2) is 0 Å². The van der Waals surface area contributed by atoms with E-state index in [2.05, 4.69) is 110 Å². The van der Waals surface area contributed by atoms with Crippen LogP contribution in [0, 0.1) is 0 Å². The van der Waals surface area contributed by atoms with Crippen molar-refractivity contribution in [3.63, 3.8) is 0 Å². The van der Waals surface area contributed by atoms with Crippen molar-refractivity contribution in [3.8, 4) is 11.5 Å². The third-order valence-electron chi connectivity index (χ3n) is 6.92. The average molecular weight is 643 g/mol. The molecular weight excluding hydrogens is 601 g/mol. The van der Waals surface area contributed by atoms with Crippen LogP contribution in [0.5, 0.6) is 11.5 Å². The fraction of sp³-hybridized carbons (Fsp3) is 0.571. The van der Waals surface area contributed by atoms with Gasteiger partial charge >= 0.3 is 223 Å². The SMILES string of the molecule is CCCCc1ccc(O[CH2][Ge]([CH2]Oc2ccc(CCCC)cc2Br)([CH](C)C)[CH](C)C)c(Br)c1. The fourth-order valence-corrected chi connectivity index (χ4v) is 12.8. The van der Waals surface area contributed by atoms with E-state index in [1.54, 1.807) is 0 Å². The first-order valence-corrected chi connectivity index (χ1v) is 19.5. The molecule has 0 amide bonds. The molecule has 0 bridgehead atoms. The first kappa shape index (κ1) is 28.8. The monoisotopic (exact) mass is 642 g/mol. The standard InChI is InChI=1S/C28H42Br2GeO2/c1-7-9-11-23-13-15-27(25(29)17-23)32-19-31(21(3)4,22(5)6)20-33-28-16-14-24(12-10-8-2)18-26(28)30/h13-18,21-22H,7-12,19-20H2,1-6H3. The summed E-state index contributed by atoms with van der Waals surface area (Å²) < 4.78 is 16.3. The van der Waals surface area contributed by atoms with Crippen LogP contribution in [0.15, 0.2) is 45.3 Å². The van der Waals surface area contributed by atoms with Gasteiger partial charge in [-0.15, -0.1) is 0 Å². The number of hydrogen-bond donors (Lipinski definition) is 0. The topological polar surface area (TPSA) is 18.5 Å². The summed E-state index contributed by atoms with van der Waals surface area (Å²) in [6.45, 7) is 13.9. The Morgan fingerprint density at radius 1 is 0.697 bits per heavy atom. The van der Waals surface area contributed by atoms with Gasteiger partial charge in [-0.05, 0) is 0 Å². The molecule has 0 atom stereocenters. The first-order chi connectivity index (χ1) is 15.7. The van der Waals surface area contributed by atoms with Gasteiger partial charge in [0.2, 0.25) is 0 Å². The Bertz CT molecular complexity index is 795. The molecule has 33 heavy (non-hydrogen) atoms. The predicted octanol–water partition coefficient (Wildman–Crippen LogP) is 9.70. The Hall–Kier alpha value is -0.457. The van der Waals surface area contributed by atoms with Crippen LogP contribution >= 0.6 is 31.9 Å². The molecule has 0 aliphatic rings. The van der Waals surface area contributed by atoms with Crippen molar-refractivity contribution in [1.82, 2.24) is 0 Å². The second-order valence-electron chi connectivity index (χ2n) is 9.86. The molecule has 0 spiro atoms. The van der Waals surface area contributed by atoms with Crippen molar-refractivity contribution >= 4 is 45.1 Å². The molecule has 0 saturated carbocycles. The summed E-state index contributed by atoms with van der Waals surface area (Å²) in [6, 6.07) is 13.1.